The van der Waals surface area contributed by atoms with Crippen molar-refractivity contribution in [3.05, 3.63) is 0 Å². The molecule has 0 spiro atoms. The smallest absolute Gasteiger partial charge is 0.0596 e. The van der Waals surface area contributed by atoms with E-state index in [0.29, 0.717) is 17.4 Å². The molecule has 3 aliphatic carbocycles. The molecule has 0 aromatic heterocycles. The van der Waals surface area contributed by atoms with Gasteiger partial charge in [0.05, 0.1) is 20.3 Å². The zero-order valence-electron chi connectivity index (χ0n) is 23.8. The summed E-state index contributed by atoms with van der Waals surface area (Å²) in [6.45, 7) is 23.2. The van der Waals surface area contributed by atoms with Gasteiger partial charge >= 0.3 is 0 Å². The van der Waals surface area contributed by atoms with Gasteiger partial charge in [0.2, 0.25) is 0 Å². The molecule has 0 amide bonds. The molecule has 3 unspecified atom stereocenters. The summed E-state index contributed by atoms with van der Waals surface area (Å²) in [6.07, 6.45) is 9.17. The van der Waals surface area contributed by atoms with Gasteiger partial charge in [-0.1, -0.05) is 66.6 Å². The van der Waals surface area contributed by atoms with Gasteiger partial charge in [-0.2, -0.15) is 0 Å². The fourth-order valence-corrected chi connectivity index (χ4v) is 15.6. The minimum atomic E-state index is -1.45. The van der Waals surface area contributed by atoms with Gasteiger partial charge in [0.15, 0.2) is 0 Å². The largest absolute Gasteiger partial charge is 0.393 e. The Morgan fingerprint density at radius 1 is 0.909 bits per heavy atom. The van der Waals surface area contributed by atoms with Crippen LogP contribution in [0.5, 0.6) is 0 Å². The number of hydrogen-bond donors (Lipinski definition) is 1. The molecule has 0 aromatic carbocycles. The second kappa shape index (κ2) is 10.6. The fourth-order valence-electron chi connectivity index (χ4n) is 9.67. The Kier molecular flexibility index (Phi) is 8.93. The number of rotatable bonds is 8. The Balaban J connectivity index is 2.00. The number of ether oxygens (including phenoxy) is 1. The zero-order valence-corrected chi connectivity index (χ0v) is 24.8. The quantitative estimate of drug-likeness (QED) is 0.354. The van der Waals surface area contributed by atoms with E-state index in [1.165, 1.54) is 56.7 Å². The lowest BCUT2D eigenvalue weighted by Gasteiger charge is -2.62. The number of aliphatic hydroxyl groups excluding tert-OH is 1. The van der Waals surface area contributed by atoms with Gasteiger partial charge in [0, 0.05) is 6.61 Å². The summed E-state index contributed by atoms with van der Waals surface area (Å²) in [4.78, 5) is 0. The molecule has 3 fully saturated rings. The highest BCUT2D eigenvalue weighted by Gasteiger charge is 2.58. The second-order valence-electron chi connectivity index (χ2n) is 13.7. The molecular weight excluding hydrogens is 420 g/mol. The van der Waals surface area contributed by atoms with Gasteiger partial charge in [-0.25, -0.2) is 0 Å². The Morgan fingerprint density at radius 3 is 2.18 bits per heavy atom. The van der Waals surface area contributed by atoms with Gasteiger partial charge in [-0.3, -0.25) is 0 Å². The minimum absolute atomic E-state index is 0.0965. The van der Waals surface area contributed by atoms with E-state index in [2.05, 4.69) is 62.3 Å². The topological polar surface area (TPSA) is 29.5 Å². The van der Waals surface area contributed by atoms with Crippen molar-refractivity contribution in [3.8, 4) is 0 Å². The normalized spacial score (nSPS) is 42.2. The van der Waals surface area contributed by atoms with Gasteiger partial charge in [0.25, 0.3) is 0 Å². The molecular formula is C30H58O2Si. The third-order valence-corrected chi connectivity index (χ3v) is 18.4. The highest BCUT2D eigenvalue weighted by atomic mass is 28.3. The third kappa shape index (κ3) is 5.04. The van der Waals surface area contributed by atoms with Crippen LogP contribution < -0.4 is 0 Å². The van der Waals surface area contributed by atoms with Crippen LogP contribution in [0, 0.1) is 40.4 Å². The van der Waals surface area contributed by atoms with Crippen LogP contribution in [0.25, 0.3) is 0 Å². The highest BCUT2D eigenvalue weighted by Crippen LogP contribution is 2.65. The lowest BCUT2D eigenvalue weighted by atomic mass is 9.48. The van der Waals surface area contributed by atoms with E-state index in [-0.39, 0.29) is 11.5 Å². The average molecular weight is 479 g/mol. The summed E-state index contributed by atoms with van der Waals surface area (Å²) in [5.41, 5.74) is 1.47. The summed E-state index contributed by atoms with van der Waals surface area (Å²) in [5.74, 6) is 3.88. The zero-order chi connectivity index (χ0) is 24.6. The molecule has 0 aromatic rings. The molecule has 0 saturated heterocycles. The minimum Gasteiger partial charge on any atom is -0.393 e. The van der Waals surface area contributed by atoms with E-state index in [0.717, 1.165) is 42.2 Å². The van der Waals surface area contributed by atoms with Crippen LogP contribution in [0.15, 0.2) is 0 Å². The predicted octanol–water partition coefficient (Wildman–Crippen LogP) is 8.56. The van der Waals surface area contributed by atoms with Crippen molar-refractivity contribution in [2.24, 2.45) is 40.4 Å². The maximum atomic E-state index is 11.3. The van der Waals surface area contributed by atoms with Crippen LogP contribution in [-0.4, -0.2) is 32.0 Å². The first-order valence-corrected chi connectivity index (χ1v) is 17.5. The van der Waals surface area contributed by atoms with Crippen molar-refractivity contribution >= 4 is 8.07 Å². The van der Waals surface area contributed by atoms with Gasteiger partial charge in [-0.15, -0.1) is 0 Å². The SMILES string of the molecule is CCOC(C)CC[Si](CC)(CC)C1C[C@@H](C)[C@@H]2CC[C@]3(C)C(O)CC[C@@H](C)[C@H]3C[C@H]1C2(C)C. The number of aliphatic hydroxyl groups is 1. The number of fused-ring (bicyclic) bond motifs is 3. The van der Waals surface area contributed by atoms with Crippen molar-refractivity contribution in [2.45, 2.75) is 143 Å². The molecule has 2 bridgehead atoms. The van der Waals surface area contributed by atoms with E-state index >= 15 is 0 Å². The van der Waals surface area contributed by atoms with Crippen LogP contribution in [0.1, 0.15) is 107 Å². The van der Waals surface area contributed by atoms with Crippen LogP contribution >= 0.6 is 0 Å². The average Bonchev–Trinajstić information content (AvgIpc) is 2.76. The molecule has 33 heavy (non-hydrogen) atoms. The molecule has 0 aliphatic heterocycles. The Bertz CT molecular complexity index is 629. The first-order valence-electron chi connectivity index (χ1n) is 14.8. The van der Waals surface area contributed by atoms with Crippen LogP contribution in [0.3, 0.4) is 0 Å². The molecule has 0 radical (unpaired) electrons. The van der Waals surface area contributed by atoms with Crippen molar-refractivity contribution in [2.75, 3.05) is 6.61 Å². The Morgan fingerprint density at radius 2 is 1.58 bits per heavy atom. The summed E-state index contributed by atoms with van der Waals surface area (Å²) in [5, 5.41) is 11.3. The highest BCUT2D eigenvalue weighted by molar-refractivity contribution is 6.81. The van der Waals surface area contributed by atoms with E-state index in [4.69, 9.17) is 4.74 Å². The van der Waals surface area contributed by atoms with Crippen LogP contribution in [0.2, 0.25) is 23.7 Å². The lowest BCUT2D eigenvalue weighted by molar-refractivity contribution is -0.121. The van der Waals surface area contributed by atoms with Crippen molar-refractivity contribution < 1.29 is 9.84 Å². The summed E-state index contributed by atoms with van der Waals surface area (Å²) in [7, 11) is -1.45. The maximum Gasteiger partial charge on any atom is 0.0596 e. The van der Waals surface area contributed by atoms with Crippen molar-refractivity contribution in [3.63, 3.8) is 0 Å². The first kappa shape index (κ1) is 27.7. The van der Waals surface area contributed by atoms with Gasteiger partial charge < -0.3 is 9.84 Å². The molecule has 194 valence electrons. The van der Waals surface area contributed by atoms with Gasteiger partial charge in [0.1, 0.15) is 0 Å². The Hall–Kier alpha value is 0.137. The molecule has 1 N–H and O–H groups in total. The molecule has 3 rings (SSSR count). The van der Waals surface area contributed by atoms with Crippen molar-refractivity contribution in [1.82, 2.24) is 0 Å². The van der Waals surface area contributed by atoms with E-state index in [1.807, 2.05) is 0 Å². The molecule has 3 aliphatic rings. The monoisotopic (exact) mass is 478 g/mol. The standard InChI is InChI=1S/C30H58O2Si/c1-10-32-23(6)16-18-33(11-2,12-3)27-19-22(5)24-15-17-30(9)25(20-26(27)29(24,7)8)21(4)13-14-28(30)31/h21-28,31H,10-20H2,1-9H3/t21-,22-,23?,24+,25-,26-,27?,28?,30+/m1/s1. The first-order chi connectivity index (χ1) is 15.5. The summed E-state index contributed by atoms with van der Waals surface area (Å²) < 4.78 is 6.00. The fraction of sp³-hybridized carbons (Fsp3) is 1.00. The predicted molar refractivity (Wildman–Crippen MR) is 145 cm³/mol. The molecule has 0 heterocycles. The second-order valence-corrected chi connectivity index (χ2v) is 19.1. The van der Waals surface area contributed by atoms with Crippen LogP contribution in [0.4, 0.5) is 0 Å². The summed E-state index contributed by atoms with van der Waals surface area (Å²) >= 11 is 0. The Labute approximate surface area is 208 Å². The summed E-state index contributed by atoms with van der Waals surface area (Å²) in [6, 6.07) is 4.30. The third-order valence-electron chi connectivity index (χ3n) is 12.1. The molecule has 9 atom stereocenters. The molecule has 3 heteroatoms. The van der Waals surface area contributed by atoms with E-state index in [9.17, 15) is 5.11 Å². The lowest BCUT2D eigenvalue weighted by Crippen LogP contribution is -2.57. The van der Waals surface area contributed by atoms with Gasteiger partial charge in [-0.05, 0) is 105 Å². The van der Waals surface area contributed by atoms with E-state index < -0.39 is 8.07 Å². The number of hydrogen-bond acceptors (Lipinski definition) is 2. The maximum absolute atomic E-state index is 11.3. The van der Waals surface area contributed by atoms with E-state index in [1.54, 1.807) is 0 Å². The van der Waals surface area contributed by atoms with Crippen LogP contribution in [-0.2, 0) is 4.74 Å². The van der Waals surface area contributed by atoms with Crippen molar-refractivity contribution in [1.29, 1.82) is 0 Å². The molecule has 3 saturated carbocycles. The molecule has 2 nitrogen and oxygen atoms in total.